The Labute approximate surface area is 133 Å². The van der Waals surface area contributed by atoms with Crippen LogP contribution in [0.1, 0.15) is 36.7 Å². The van der Waals surface area contributed by atoms with Crippen LogP contribution in [0.5, 0.6) is 0 Å². The largest absolute Gasteiger partial charge is 0.478 e. The molecule has 1 unspecified atom stereocenters. The average molecular weight is 378 g/mol. The summed E-state index contributed by atoms with van der Waals surface area (Å²) in [5.74, 6) is -0.625. The zero-order valence-corrected chi connectivity index (χ0v) is 14.9. The predicted octanol–water partition coefficient (Wildman–Crippen LogP) is 3.03. The van der Waals surface area contributed by atoms with E-state index in [1.807, 2.05) is 20.8 Å². The molecule has 5 nitrogen and oxygen atoms in total. The number of carboxylic acids is 1. The van der Waals surface area contributed by atoms with E-state index in [9.17, 15) is 13.2 Å². The third kappa shape index (κ3) is 4.52. The van der Waals surface area contributed by atoms with Gasteiger partial charge in [-0.25, -0.2) is 17.9 Å². The van der Waals surface area contributed by atoms with Crippen molar-refractivity contribution in [2.24, 2.45) is 11.8 Å². The highest BCUT2D eigenvalue weighted by Crippen LogP contribution is 2.26. The maximum absolute atomic E-state index is 12.4. The number of halogens is 1. The van der Waals surface area contributed by atoms with E-state index in [1.54, 1.807) is 6.92 Å². The summed E-state index contributed by atoms with van der Waals surface area (Å²) >= 11 is 3.21. The average Bonchev–Trinajstić information content (AvgIpc) is 2.38. The quantitative estimate of drug-likeness (QED) is 0.797. The second-order valence-electron chi connectivity index (χ2n) is 5.46. The van der Waals surface area contributed by atoms with E-state index in [0.717, 1.165) is 0 Å². The predicted molar refractivity (Wildman–Crippen MR) is 85.0 cm³/mol. The first-order valence-electron chi connectivity index (χ1n) is 6.59. The summed E-state index contributed by atoms with van der Waals surface area (Å²) < 4.78 is 27.8. The molecular formula is C14H20BrNO4S. The molecule has 0 amide bonds. The molecule has 0 radical (unpaired) electrons. The Morgan fingerprint density at radius 2 is 1.90 bits per heavy atom. The summed E-state index contributed by atoms with van der Waals surface area (Å²) in [6, 6.07) is 2.58. The van der Waals surface area contributed by atoms with E-state index < -0.39 is 16.0 Å². The standard InChI is InChI=1S/C14H20BrNO4S/c1-8(2)9(3)7-16-21(19,20)13-6-11(14(17)18)5-12(15)10(13)4/h5-6,8-9,16H,7H2,1-4H3,(H,17,18). The van der Waals surface area contributed by atoms with Gasteiger partial charge in [-0.3, -0.25) is 0 Å². The maximum Gasteiger partial charge on any atom is 0.335 e. The highest BCUT2D eigenvalue weighted by molar-refractivity contribution is 9.10. The van der Waals surface area contributed by atoms with Crippen LogP contribution in [0.3, 0.4) is 0 Å². The van der Waals surface area contributed by atoms with Gasteiger partial charge in [0.25, 0.3) is 0 Å². The van der Waals surface area contributed by atoms with Gasteiger partial charge < -0.3 is 5.11 Å². The molecule has 0 heterocycles. The normalized spacial score (nSPS) is 13.4. The summed E-state index contributed by atoms with van der Waals surface area (Å²) in [5.41, 5.74) is 0.425. The molecule has 21 heavy (non-hydrogen) atoms. The van der Waals surface area contributed by atoms with Crippen molar-refractivity contribution in [3.8, 4) is 0 Å². The zero-order valence-electron chi connectivity index (χ0n) is 12.5. The van der Waals surface area contributed by atoms with Crippen molar-refractivity contribution in [3.63, 3.8) is 0 Å². The van der Waals surface area contributed by atoms with Crippen molar-refractivity contribution in [1.82, 2.24) is 4.72 Å². The van der Waals surface area contributed by atoms with Crippen LogP contribution in [0.4, 0.5) is 0 Å². The van der Waals surface area contributed by atoms with Gasteiger partial charge in [0.15, 0.2) is 0 Å². The topological polar surface area (TPSA) is 83.5 Å². The van der Waals surface area contributed by atoms with Crippen LogP contribution < -0.4 is 4.72 Å². The molecule has 1 aromatic carbocycles. The third-order valence-corrected chi connectivity index (χ3v) is 5.94. The molecule has 0 saturated heterocycles. The molecule has 1 aromatic rings. The Kier molecular flexibility index (Phi) is 5.95. The van der Waals surface area contributed by atoms with Crippen LogP contribution in [-0.2, 0) is 10.0 Å². The van der Waals surface area contributed by atoms with Gasteiger partial charge in [0.1, 0.15) is 0 Å². The van der Waals surface area contributed by atoms with Gasteiger partial charge in [-0.1, -0.05) is 36.7 Å². The lowest BCUT2D eigenvalue weighted by Gasteiger charge is -2.17. The Morgan fingerprint density at radius 3 is 2.38 bits per heavy atom. The van der Waals surface area contributed by atoms with Gasteiger partial charge in [0.05, 0.1) is 10.5 Å². The van der Waals surface area contributed by atoms with Gasteiger partial charge in [0, 0.05) is 11.0 Å². The van der Waals surface area contributed by atoms with Crippen LogP contribution in [0.15, 0.2) is 21.5 Å². The van der Waals surface area contributed by atoms with Crippen molar-refractivity contribution >= 4 is 31.9 Å². The SMILES string of the molecule is Cc1c(Br)cc(C(=O)O)cc1S(=O)(=O)NCC(C)C(C)C. The van der Waals surface area contributed by atoms with Crippen LogP contribution in [0, 0.1) is 18.8 Å². The van der Waals surface area contributed by atoms with E-state index in [1.165, 1.54) is 12.1 Å². The monoisotopic (exact) mass is 377 g/mol. The lowest BCUT2D eigenvalue weighted by Crippen LogP contribution is -2.31. The minimum Gasteiger partial charge on any atom is -0.478 e. The number of rotatable bonds is 6. The molecule has 0 saturated carbocycles. The number of carboxylic acid groups (broad SMARTS) is 1. The van der Waals surface area contributed by atoms with Crippen LogP contribution in [0.2, 0.25) is 0 Å². The summed E-state index contributed by atoms with van der Waals surface area (Å²) in [5, 5.41) is 9.05. The maximum atomic E-state index is 12.4. The molecule has 0 spiro atoms. The molecule has 0 aliphatic carbocycles. The highest BCUT2D eigenvalue weighted by atomic mass is 79.9. The van der Waals surface area contributed by atoms with E-state index >= 15 is 0 Å². The molecule has 7 heteroatoms. The number of hydrogen-bond donors (Lipinski definition) is 2. The Morgan fingerprint density at radius 1 is 1.33 bits per heavy atom. The van der Waals surface area contributed by atoms with Gasteiger partial charge in [-0.2, -0.15) is 0 Å². The molecule has 0 fully saturated rings. The van der Waals surface area contributed by atoms with Gasteiger partial charge in [-0.15, -0.1) is 0 Å². The number of sulfonamides is 1. The van der Waals surface area contributed by atoms with Crippen molar-refractivity contribution in [2.45, 2.75) is 32.6 Å². The first-order valence-corrected chi connectivity index (χ1v) is 8.87. The van der Waals surface area contributed by atoms with Crippen molar-refractivity contribution in [1.29, 1.82) is 0 Å². The van der Waals surface area contributed by atoms with Crippen LogP contribution >= 0.6 is 15.9 Å². The lowest BCUT2D eigenvalue weighted by molar-refractivity contribution is 0.0696. The number of carbonyl (C=O) groups is 1. The first-order chi connectivity index (χ1) is 9.56. The van der Waals surface area contributed by atoms with E-state index in [0.29, 0.717) is 22.5 Å². The zero-order chi connectivity index (χ0) is 16.4. The fourth-order valence-corrected chi connectivity index (χ4v) is 3.64. The number of aromatic carboxylic acids is 1. The molecular weight excluding hydrogens is 358 g/mol. The summed E-state index contributed by atoms with van der Waals surface area (Å²) in [6.45, 7) is 7.95. The van der Waals surface area contributed by atoms with Crippen molar-refractivity contribution < 1.29 is 18.3 Å². The van der Waals surface area contributed by atoms with E-state index in [-0.39, 0.29) is 16.4 Å². The molecule has 1 rings (SSSR count). The van der Waals surface area contributed by atoms with Gasteiger partial charge in [-0.05, 0) is 36.5 Å². The fourth-order valence-electron chi connectivity index (χ4n) is 1.61. The lowest BCUT2D eigenvalue weighted by atomic mass is 9.99. The van der Waals surface area contributed by atoms with Crippen molar-refractivity contribution in [2.75, 3.05) is 6.54 Å². The minimum atomic E-state index is -3.74. The first kappa shape index (κ1) is 18.1. The highest BCUT2D eigenvalue weighted by Gasteiger charge is 2.22. The summed E-state index contributed by atoms with van der Waals surface area (Å²) in [4.78, 5) is 11.1. The number of hydrogen-bond acceptors (Lipinski definition) is 3. The fraction of sp³-hybridized carbons (Fsp3) is 0.500. The van der Waals surface area contributed by atoms with E-state index in [2.05, 4.69) is 20.7 Å². The Hall–Kier alpha value is -0.920. The molecule has 1 atom stereocenters. The van der Waals surface area contributed by atoms with E-state index in [4.69, 9.17) is 5.11 Å². The molecule has 2 N–H and O–H groups in total. The molecule has 118 valence electrons. The molecule has 0 bridgehead atoms. The van der Waals surface area contributed by atoms with Gasteiger partial charge in [0.2, 0.25) is 10.0 Å². The number of nitrogens with one attached hydrogen (secondary N) is 1. The second kappa shape index (κ2) is 6.89. The number of benzene rings is 1. The molecule has 0 aromatic heterocycles. The van der Waals surface area contributed by atoms with Crippen LogP contribution in [-0.4, -0.2) is 26.0 Å². The van der Waals surface area contributed by atoms with Gasteiger partial charge >= 0.3 is 5.97 Å². The smallest absolute Gasteiger partial charge is 0.335 e. The molecule has 0 aliphatic rings. The Balaban J connectivity index is 3.16. The third-order valence-electron chi connectivity index (χ3n) is 3.57. The minimum absolute atomic E-state index is 0.00905. The summed E-state index contributed by atoms with van der Waals surface area (Å²) in [6.07, 6.45) is 0. The Bertz CT molecular complexity index is 641. The summed E-state index contributed by atoms with van der Waals surface area (Å²) in [7, 11) is -3.74. The van der Waals surface area contributed by atoms with Crippen LogP contribution in [0.25, 0.3) is 0 Å². The second-order valence-corrected chi connectivity index (χ2v) is 8.05. The van der Waals surface area contributed by atoms with Crippen molar-refractivity contribution in [3.05, 3.63) is 27.7 Å². The molecule has 0 aliphatic heterocycles.